The summed E-state index contributed by atoms with van der Waals surface area (Å²) < 4.78 is 13.8. The summed E-state index contributed by atoms with van der Waals surface area (Å²) in [7, 11) is 1.84. The van der Waals surface area contributed by atoms with E-state index in [0.29, 0.717) is 28.1 Å². The van der Waals surface area contributed by atoms with E-state index >= 15 is 0 Å². The van der Waals surface area contributed by atoms with Crippen LogP contribution in [0.25, 0.3) is 11.3 Å². The molecule has 0 unspecified atom stereocenters. The Morgan fingerprint density at radius 2 is 2.05 bits per heavy atom. The van der Waals surface area contributed by atoms with Gasteiger partial charge in [-0.3, -0.25) is 0 Å². The number of pyridine rings is 1. The van der Waals surface area contributed by atoms with Crippen molar-refractivity contribution in [3.63, 3.8) is 0 Å². The Labute approximate surface area is 232 Å². The van der Waals surface area contributed by atoms with Crippen LogP contribution in [0.1, 0.15) is 56.6 Å². The first-order valence-electron chi connectivity index (χ1n) is 13.3. The van der Waals surface area contributed by atoms with Gasteiger partial charge in [0.05, 0.1) is 6.61 Å². The van der Waals surface area contributed by atoms with Gasteiger partial charge in [0.25, 0.3) is 0 Å². The predicted molar refractivity (Wildman–Crippen MR) is 148 cm³/mol. The first-order valence-corrected chi connectivity index (χ1v) is 21.0. The van der Waals surface area contributed by atoms with Crippen LogP contribution in [0.3, 0.4) is 0 Å². The second-order valence-electron chi connectivity index (χ2n) is 11.5. The number of rotatable bonds is 7. The van der Waals surface area contributed by atoms with Crippen molar-refractivity contribution in [3.8, 4) is 23.2 Å². The van der Waals surface area contributed by atoms with Crippen LogP contribution in [0.5, 0.6) is 5.88 Å². The van der Waals surface area contributed by atoms with Crippen LogP contribution < -0.4 is 12.8 Å². The number of nitrogens with zero attached hydrogens (tertiary/aromatic N) is 5. The summed E-state index contributed by atoms with van der Waals surface area (Å²) >= 11 is -2.81. The Balaban J connectivity index is 1.40. The third-order valence-corrected chi connectivity index (χ3v) is 22.1. The maximum atomic E-state index is 13.1. The fraction of sp³-hybridized carbons (Fsp3) is 0.448. The Hall–Kier alpha value is -2.78. The molecule has 4 heterocycles. The van der Waals surface area contributed by atoms with Gasteiger partial charge in [0.15, 0.2) is 0 Å². The van der Waals surface area contributed by atoms with Crippen molar-refractivity contribution in [2.75, 3.05) is 25.1 Å². The summed E-state index contributed by atoms with van der Waals surface area (Å²) in [5.74, 6) is 2.29. The molecule has 2 aliphatic rings. The van der Waals surface area contributed by atoms with Crippen LogP contribution in [0.15, 0.2) is 34.9 Å². The van der Waals surface area contributed by atoms with Crippen LogP contribution in [-0.2, 0) is 19.5 Å². The van der Waals surface area contributed by atoms with Gasteiger partial charge in [0, 0.05) is 0 Å². The molecule has 0 N–H and O–H groups in total. The summed E-state index contributed by atoms with van der Waals surface area (Å²) in [6.45, 7) is 11.6. The van der Waals surface area contributed by atoms with Crippen molar-refractivity contribution < 1.29 is 14.1 Å². The molecule has 2 aromatic heterocycles. The van der Waals surface area contributed by atoms with Crippen molar-refractivity contribution in [2.45, 2.75) is 57.6 Å². The molecule has 0 radical (unpaired) electrons. The molecule has 196 valence electrons. The molecule has 5 rings (SSSR count). The molecule has 0 aliphatic carbocycles. The SMILES string of the molecule is CCCOc1noc2c1CN(Cc1ccc(C#N)c(-c3cc[c]4c(n3)N(C)[C](=O)[Tl]4[CH2]C(C)(C)C)c1)CC2. The second kappa shape index (κ2) is 10.8. The van der Waals surface area contributed by atoms with E-state index in [1.807, 2.05) is 25.2 Å². The summed E-state index contributed by atoms with van der Waals surface area (Å²) in [5.41, 5.74) is 4.38. The standard InChI is InChI=1S/C24H23N5O3.C5H11.Tl/c1-3-11-31-24-20-15-29(10-9-22(20)32-27-24)14-17-7-8-18(13-25)19(12-17)21-5-4-6-23(26-21)28(2)16-30;1-5(2,3)4;/h4-5,7-8,12H,3,9-11,14-15H2,1-2H3;1H2,2-4H3;. The Morgan fingerprint density at radius 1 is 1.24 bits per heavy atom. The zero-order valence-corrected chi connectivity index (χ0v) is 27.4. The minimum atomic E-state index is -2.81. The van der Waals surface area contributed by atoms with E-state index in [-0.39, 0.29) is 5.41 Å². The maximum absolute atomic E-state index is 13.1. The third-order valence-electron chi connectivity index (χ3n) is 7.24. The van der Waals surface area contributed by atoms with Gasteiger partial charge in [-0.25, -0.2) is 0 Å². The van der Waals surface area contributed by atoms with E-state index in [4.69, 9.17) is 14.2 Å². The van der Waals surface area contributed by atoms with Crippen LogP contribution in [0.2, 0.25) is 3.98 Å². The molecule has 0 saturated carbocycles. The molecule has 9 heteroatoms. The normalized spacial score (nSPS) is 15.4. The Bertz CT molecular complexity index is 1400. The van der Waals surface area contributed by atoms with Crippen molar-refractivity contribution >= 4 is 35.1 Å². The van der Waals surface area contributed by atoms with E-state index in [0.717, 1.165) is 63.9 Å². The van der Waals surface area contributed by atoms with Gasteiger partial charge in [-0.2, -0.15) is 0 Å². The molecule has 1 amide bonds. The molecule has 0 bridgehead atoms. The second-order valence-corrected chi connectivity index (χ2v) is 21.7. The number of nitriles is 1. The number of aromatic nitrogens is 2. The number of fused-ring (bicyclic) bond motifs is 2. The number of hydrogen-bond donors (Lipinski definition) is 0. The predicted octanol–water partition coefficient (Wildman–Crippen LogP) is 4.85. The molecule has 0 spiro atoms. The van der Waals surface area contributed by atoms with Crippen molar-refractivity contribution in [1.29, 1.82) is 5.26 Å². The fourth-order valence-electron chi connectivity index (χ4n) is 5.38. The van der Waals surface area contributed by atoms with Crippen LogP contribution in [-0.4, -0.2) is 61.4 Å². The molecule has 3 aromatic rings. The number of anilines is 1. The number of carbonyl (C=O) groups excluding carboxylic acids is 1. The van der Waals surface area contributed by atoms with E-state index < -0.39 is 22.7 Å². The van der Waals surface area contributed by atoms with Crippen molar-refractivity contribution in [3.05, 3.63) is 52.8 Å². The number of benzene rings is 1. The molecular weight excluding hydrogens is 671 g/mol. The first-order chi connectivity index (χ1) is 18.2. The first kappa shape index (κ1) is 26.8. The van der Waals surface area contributed by atoms with Gasteiger partial charge in [-0.1, -0.05) is 6.92 Å². The molecule has 0 fully saturated rings. The summed E-state index contributed by atoms with van der Waals surface area (Å²) in [5, 5.41) is 14.0. The zero-order valence-electron chi connectivity index (χ0n) is 22.9. The monoisotopic (exact) mass is 705 g/mol. The number of ether oxygens (including phenoxy) is 1. The van der Waals surface area contributed by atoms with E-state index in [9.17, 15) is 10.1 Å². The molecule has 1 aromatic carbocycles. The van der Waals surface area contributed by atoms with E-state index in [1.54, 1.807) is 4.90 Å². The van der Waals surface area contributed by atoms with E-state index in [2.05, 4.69) is 56.0 Å². The Morgan fingerprint density at radius 3 is 2.79 bits per heavy atom. The fourth-order valence-corrected chi connectivity index (χ4v) is 18.5. The third kappa shape index (κ3) is 5.36. The van der Waals surface area contributed by atoms with Gasteiger partial charge >= 0.3 is 199 Å². The molecular formula is C29H34N5O3Tl. The molecule has 38 heavy (non-hydrogen) atoms. The van der Waals surface area contributed by atoms with E-state index in [1.165, 1.54) is 3.12 Å². The number of amides is 1. The van der Waals surface area contributed by atoms with Gasteiger partial charge in [-0.15, -0.1) is 0 Å². The zero-order chi connectivity index (χ0) is 27.0. The van der Waals surface area contributed by atoms with Crippen molar-refractivity contribution in [1.82, 2.24) is 15.0 Å². The van der Waals surface area contributed by atoms with Gasteiger partial charge in [-0.05, 0) is 11.6 Å². The Kier molecular flexibility index (Phi) is 7.60. The van der Waals surface area contributed by atoms with Crippen LogP contribution >= 0.6 is 0 Å². The van der Waals surface area contributed by atoms with Crippen LogP contribution in [0, 0.1) is 16.7 Å². The average Bonchev–Trinajstić information content (AvgIpc) is 3.40. The quantitative estimate of drug-likeness (QED) is 0.325. The van der Waals surface area contributed by atoms with Gasteiger partial charge in [0.2, 0.25) is 0 Å². The molecule has 2 aliphatic heterocycles. The summed E-state index contributed by atoms with van der Waals surface area (Å²) in [6, 6.07) is 12.4. The molecule has 0 atom stereocenters. The van der Waals surface area contributed by atoms with Crippen LogP contribution in [0.4, 0.5) is 10.6 Å². The average molecular weight is 705 g/mol. The summed E-state index contributed by atoms with van der Waals surface area (Å²) in [6.07, 6.45) is 1.70. The molecule has 8 nitrogen and oxygen atoms in total. The number of carbonyl (C=O) groups is 1. The number of hydrogen-bond acceptors (Lipinski definition) is 7. The summed E-state index contributed by atoms with van der Waals surface area (Å²) in [4.78, 5) is 22.2. The minimum absolute atomic E-state index is 0.121. The van der Waals surface area contributed by atoms with Gasteiger partial charge < -0.3 is 9.26 Å². The topological polar surface area (TPSA) is 95.5 Å². The van der Waals surface area contributed by atoms with Crippen molar-refractivity contribution in [2.24, 2.45) is 5.41 Å². The molecule has 0 saturated heterocycles. The van der Waals surface area contributed by atoms with Gasteiger partial charge in [0.1, 0.15) is 0 Å².